The molecule has 1 aromatic rings. The molecular weight excluding hydrogens is 232 g/mol. The minimum Gasteiger partial charge on any atom is -0.368 e. The van der Waals surface area contributed by atoms with Crippen molar-refractivity contribution in [3.05, 3.63) is 29.8 Å². The fraction of sp³-hybridized carbons (Fsp3) is 0.647. The first-order valence-electron chi connectivity index (χ1n) is 7.84. The second-order valence-corrected chi connectivity index (χ2v) is 5.59. The minimum absolute atomic E-state index is 0.471. The van der Waals surface area contributed by atoms with Crippen molar-refractivity contribution in [1.82, 2.24) is 5.32 Å². The van der Waals surface area contributed by atoms with Gasteiger partial charge >= 0.3 is 0 Å². The molecule has 1 aromatic carbocycles. The van der Waals surface area contributed by atoms with Gasteiger partial charge in [0, 0.05) is 24.3 Å². The van der Waals surface area contributed by atoms with Gasteiger partial charge in [0.25, 0.3) is 0 Å². The molecule has 1 aliphatic rings. The highest BCUT2D eigenvalue weighted by molar-refractivity contribution is 5.56. The number of hydrogen-bond donors (Lipinski definition) is 1. The Morgan fingerprint density at radius 2 is 2.00 bits per heavy atom. The van der Waals surface area contributed by atoms with Gasteiger partial charge in [-0.25, -0.2) is 0 Å². The van der Waals surface area contributed by atoms with Crippen molar-refractivity contribution in [3.8, 4) is 0 Å². The Kier molecular flexibility index (Phi) is 5.26. The highest BCUT2D eigenvalue weighted by atomic mass is 15.2. The van der Waals surface area contributed by atoms with Gasteiger partial charge in [0.2, 0.25) is 0 Å². The highest BCUT2D eigenvalue weighted by Crippen LogP contribution is 2.36. The predicted octanol–water partition coefficient (Wildman–Crippen LogP) is 4.13. The monoisotopic (exact) mass is 260 g/mol. The van der Waals surface area contributed by atoms with Crippen molar-refractivity contribution in [2.45, 2.75) is 58.0 Å². The quantitative estimate of drug-likeness (QED) is 0.756. The number of anilines is 1. The van der Waals surface area contributed by atoms with Crippen LogP contribution in [-0.4, -0.2) is 19.6 Å². The van der Waals surface area contributed by atoms with E-state index >= 15 is 0 Å². The van der Waals surface area contributed by atoms with E-state index in [0.717, 1.165) is 12.5 Å². The maximum absolute atomic E-state index is 3.45. The Balaban J connectivity index is 2.25. The number of rotatable bonds is 8. The van der Waals surface area contributed by atoms with E-state index in [1.807, 2.05) is 0 Å². The third-order valence-electron chi connectivity index (χ3n) is 4.12. The van der Waals surface area contributed by atoms with Crippen LogP contribution in [0, 0.1) is 0 Å². The molecule has 2 nitrogen and oxygen atoms in total. The second kappa shape index (κ2) is 6.95. The predicted molar refractivity (Wildman–Crippen MR) is 83.8 cm³/mol. The molecule has 0 aromatic heterocycles. The molecule has 1 aliphatic carbocycles. The number of benzene rings is 1. The van der Waals surface area contributed by atoms with Gasteiger partial charge in [0.1, 0.15) is 0 Å². The maximum atomic E-state index is 3.45. The zero-order chi connectivity index (χ0) is 13.7. The van der Waals surface area contributed by atoms with E-state index in [1.165, 1.54) is 43.5 Å². The van der Waals surface area contributed by atoms with Crippen molar-refractivity contribution in [2.75, 3.05) is 18.5 Å². The van der Waals surface area contributed by atoms with Crippen LogP contribution in [0.25, 0.3) is 0 Å². The summed E-state index contributed by atoms with van der Waals surface area (Å²) in [6.45, 7) is 5.74. The van der Waals surface area contributed by atoms with Gasteiger partial charge in [0.15, 0.2) is 0 Å². The summed E-state index contributed by atoms with van der Waals surface area (Å²) in [5.41, 5.74) is 2.93. The molecule has 1 atom stereocenters. The molecule has 1 saturated carbocycles. The first-order chi connectivity index (χ1) is 9.31. The van der Waals surface area contributed by atoms with E-state index in [0.29, 0.717) is 6.04 Å². The lowest BCUT2D eigenvalue weighted by atomic mass is 10.0. The Morgan fingerprint density at radius 3 is 2.58 bits per heavy atom. The lowest BCUT2D eigenvalue weighted by Crippen LogP contribution is -2.29. The average Bonchev–Trinajstić information content (AvgIpc) is 3.27. The third-order valence-corrected chi connectivity index (χ3v) is 4.12. The van der Waals surface area contributed by atoms with Crippen molar-refractivity contribution in [1.29, 1.82) is 0 Å². The van der Waals surface area contributed by atoms with Crippen LogP contribution >= 0.6 is 0 Å². The Bertz CT molecular complexity index is 381. The first-order valence-corrected chi connectivity index (χ1v) is 7.84. The number of nitrogens with zero attached hydrogens (tertiary/aromatic N) is 1. The molecule has 0 amide bonds. The van der Waals surface area contributed by atoms with Crippen LogP contribution in [0.15, 0.2) is 24.3 Å². The van der Waals surface area contributed by atoms with Gasteiger partial charge in [-0.05, 0) is 44.4 Å². The number of hydrogen-bond acceptors (Lipinski definition) is 2. The lowest BCUT2D eigenvalue weighted by Gasteiger charge is -2.29. The fourth-order valence-electron chi connectivity index (χ4n) is 2.84. The highest BCUT2D eigenvalue weighted by Gasteiger charge is 2.30. The number of para-hydroxylation sites is 1. The van der Waals surface area contributed by atoms with E-state index in [4.69, 9.17) is 0 Å². The number of nitrogens with one attached hydrogen (secondary N) is 1. The Hall–Kier alpha value is -1.02. The second-order valence-electron chi connectivity index (χ2n) is 5.59. The van der Waals surface area contributed by atoms with E-state index in [1.54, 1.807) is 0 Å². The van der Waals surface area contributed by atoms with Crippen LogP contribution in [0.1, 0.15) is 57.6 Å². The van der Waals surface area contributed by atoms with E-state index in [9.17, 15) is 0 Å². The molecule has 19 heavy (non-hydrogen) atoms. The van der Waals surface area contributed by atoms with Gasteiger partial charge in [-0.3, -0.25) is 0 Å². The van der Waals surface area contributed by atoms with Crippen molar-refractivity contribution in [2.24, 2.45) is 0 Å². The van der Waals surface area contributed by atoms with E-state index in [2.05, 4.69) is 55.4 Å². The first kappa shape index (κ1) is 14.4. The summed E-state index contributed by atoms with van der Waals surface area (Å²) >= 11 is 0. The molecule has 1 fully saturated rings. The summed E-state index contributed by atoms with van der Waals surface area (Å²) < 4.78 is 0. The van der Waals surface area contributed by atoms with Crippen LogP contribution < -0.4 is 10.2 Å². The van der Waals surface area contributed by atoms with Crippen LogP contribution in [0.4, 0.5) is 5.69 Å². The standard InChI is InChI=1S/C17H28N2/c1-4-6-13-19(14-11-12-14)17-10-8-7-9-15(17)16(5-2)18-3/h7-10,14,16,18H,4-6,11-13H2,1-3H3. The molecule has 1 N–H and O–H groups in total. The maximum Gasteiger partial charge on any atom is 0.0417 e. The summed E-state index contributed by atoms with van der Waals surface area (Å²) in [4.78, 5) is 2.65. The SMILES string of the molecule is CCCCN(c1ccccc1C(CC)NC)C1CC1. The topological polar surface area (TPSA) is 15.3 Å². The van der Waals surface area contributed by atoms with Crippen molar-refractivity contribution < 1.29 is 0 Å². The lowest BCUT2D eigenvalue weighted by molar-refractivity contribution is 0.573. The summed E-state index contributed by atoms with van der Waals surface area (Å²) in [6, 6.07) is 10.2. The third kappa shape index (κ3) is 3.50. The van der Waals surface area contributed by atoms with Crippen LogP contribution in [0.2, 0.25) is 0 Å². The molecule has 0 saturated heterocycles. The summed E-state index contributed by atoms with van der Waals surface area (Å²) in [6.07, 6.45) is 6.44. The molecule has 0 aliphatic heterocycles. The van der Waals surface area contributed by atoms with Gasteiger partial charge < -0.3 is 10.2 Å². The van der Waals surface area contributed by atoms with Gasteiger partial charge in [-0.1, -0.05) is 38.5 Å². The molecule has 2 heteroatoms. The summed E-state index contributed by atoms with van der Waals surface area (Å²) in [5.74, 6) is 0. The number of unbranched alkanes of at least 4 members (excludes halogenated alkanes) is 1. The summed E-state index contributed by atoms with van der Waals surface area (Å²) in [5, 5.41) is 3.45. The van der Waals surface area contributed by atoms with Gasteiger partial charge in [-0.15, -0.1) is 0 Å². The van der Waals surface area contributed by atoms with Gasteiger partial charge in [0.05, 0.1) is 0 Å². The fourth-order valence-corrected chi connectivity index (χ4v) is 2.84. The largest absolute Gasteiger partial charge is 0.368 e. The average molecular weight is 260 g/mol. The summed E-state index contributed by atoms with van der Waals surface area (Å²) in [7, 11) is 2.07. The minimum atomic E-state index is 0.471. The molecule has 0 spiro atoms. The zero-order valence-electron chi connectivity index (χ0n) is 12.7. The molecule has 0 heterocycles. The molecule has 0 radical (unpaired) electrons. The molecular formula is C17H28N2. The van der Waals surface area contributed by atoms with Crippen molar-refractivity contribution in [3.63, 3.8) is 0 Å². The van der Waals surface area contributed by atoms with E-state index < -0.39 is 0 Å². The zero-order valence-corrected chi connectivity index (χ0v) is 12.7. The van der Waals surface area contributed by atoms with Crippen molar-refractivity contribution >= 4 is 5.69 Å². The smallest absolute Gasteiger partial charge is 0.0417 e. The molecule has 0 bridgehead atoms. The molecule has 106 valence electrons. The van der Waals surface area contributed by atoms with Crippen LogP contribution in [0.5, 0.6) is 0 Å². The Labute approximate surface area is 118 Å². The molecule has 2 rings (SSSR count). The Morgan fingerprint density at radius 1 is 1.26 bits per heavy atom. The van der Waals surface area contributed by atoms with Gasteiger partial charge in [-0.2, -0.15) is 0 Å². The normalized spacial score (nSPS) is 16.4. The van der Waals surface area contributed by atoms with Crippen LogP contribution in [-0.2, 0) is 0 Å². The van der Waals surface area contributed by atoms with Crippen LogP contribution in [0.3, 0.4) is 0 Å². The van der Waals surface area contributed by atoms with E-state index in [-0.39, 0.29) is 0 Å². The molecule has 1 unspecified atom stereocenters.